The first kappa shape index (κ1) is 32.8. The predicted octanol–water partition coefficient (Wildman–Crippen LogP) is 6.93. The quantitative estimate of drug-likeness (QED) is 0.348. The van der Waals surface area contributed by atoms with E-state index < -0.39 is 61.0 Å². The molecule has 5 aliphatic rings. The molecule has 2 aromatic carbocycles. The van der Waals surface area contributed by atoms with Crippen molar-refractivity contribution in [3.05, 3.63) is 64.7 Å². The maximum atomic E-state index is 15.1. The number of benzene rings is 2. The molecule has 2 unspecified atom stereocenters. The maximum absolute atomic E-state index is 15.1. The molecule has 4 aliphatic carbocycles. The number of rotatable bonds is 5. The Hall–Kier alpha value is -3.16. The Bertz CT molecular complexity index is 1680. The highest BCUT2D eigenvalue weighted by atomic mass is 32.2. The summed E-state index contributed by atoms with van der Waals surface area (Å²) in [6.07, 6.45) is -11.3. The van der Waals surface area contributed by atoms with Crippen LogP contribution in [0.4, 0.5) is 30.7 Å². The zero-order valence-electron chi connectivity index (χ0n) is 24.8. The summed E-state index contributed by atoms with van der Waals surface area (Å²) in [5.74, 6) is -1.22. The summed E-state index contributed by atoms with van der Waals surface area (Å²) in [6.45, 7) is 1.62. The molecule has 46 heavy (non-hydrogen) atoms. The molecule has 14 heteroatoms. The summed E-state index contributed by atoms with van der Waals surface area (Å²) >= 11 is 0. The fourth-order valence-electron chi connectivity index (χ4n) is 8.60. The number of halogens is 7. The minimum Gasteiger partial charge on any atom is -0.481 e. The number of carbonyl (C=O) groups excluding carboxylic acids is 1. The second-order valence-corrected chi connectivity index (χ2v) is 15.6. The Balaban J connectivity index is 1.48. The number of fused-ring (bicyclic) bond motifs is 6. The lowest BCUT2D eigenvalue weighted by molar-refractivity contribution is -0.348. The number of carbonyl (C=O) groups is 2. The van der Waals surface area contributed by atoms with E-state index in [1.54, 1.807) is 13.0 Å². The van der Waals surface area contributed by atoms with Crippen LogP contribution in [0.1, 0.15) is 73.6 Å². The third kappa shape index (κ3) is 4.30. The Morgan fingerprint density at radius 2 is 1.43 bits per heavy atom. The van der Waals surface area contributed by atoms with Gasteiger partial charge in [0.05, 0.1) is 16.4 Å². The molecule has 3 saturated carbocycles. The standard InChI is InChI=1S/C32H32F7NO5S/c1-19-3-2-4-22(17-19)46(44,45)29-15-16-40(25(41)27-9-12-28(13-10-27,14-11-27)26(42)43)24(29)8-5-20-18-21(6-7-23(20)29)30(33,31(34,35)36)32(37,38)39/h2-4,6-7,17-18,24H,5,8-16H2,1H3,(H,42,43). The van der Waals surface area contributed by atoms with Crippen molar-refractivity contribution in [2.24, 2.45) is 10.8 Å². The number of likely N-dealkylation sites (tertiary alicyclic amines) is 1. The van der Waals surface area contributed by atoms with Crippen LogP contribution in [0.3, 0.4) is 0 Å². The number of carboxylic acid groups (broad SMARTS) is 1. The van der Waals surface area contributed by atoms with E-state index in [4.69, 9.17) is 0 Å². The lowest BCUT2D eigenvalue weighted by atomic mass is 9.53. The van der Waals surface area contributed by atoms with Crippen LogP contribution in [0, 0.1) is 17.8 Å². The van der Waals surface area contributed by atoms with E-state index in [1.807, 2.05) is 0 Å². The Morgan fingerprint density at radius 3 is 1.98 bits per heavy atom. The lowest BCUT2D eigenvalue weighted by Crippen LogP contribution is -2.57. The smallest absolute Gasteiger partial charge is 0.435 e. The van der Waals surface area contributed by atoms with Crippen molar-refractivity contribution in [2.45, 2.75) is 98.4 Å². The van der Waals surface area contributed by atoms with Crippen LogP contribution in [0.25, 0.3) is 0 Å². The molecule has 0 spiro atoms. The van der Waals surface area contributed by atoms with Gasteiger partial charge in [0.25, 0.3) is 0 Å². The largest absolute Gasteiger partial charge is 0.481 e. The summed E-state index contributed by atoms with van der Waals surface area (Å²) < 4.78 is 124. The highest BCUT2D eigenvalue weighted by Gasteiger charge is 2.74. The van der Waals surface area contributed by atoms with Crippen LogP contribution in [0.15, 0.2) is 47.4 Å². The zero-order chi connectivity index (χ0) is 33.7. The summed E-state index contributed by atoms with van der Waals surface area (Å²) in [5, 5.41) is 9.79. The molecule has 2 aromatic rings. The highest BCUT2D eigenvalue weighted by molar-refractivity contribution is 7.92. The van der Waals surface area contributed by atoms with E-state index in [0.717, 1.165) is 6.07 Å². The topological polar surface area (TPSA) is 91.8 Å². The summed E-state index contributed by atoms with van der Waals surface area (Å²) in [7, 11) is -4.45. The minimum atomic E-state index is -6.34. The van der Waals surface area contributed by atoms with E-state index in [0.29, 0.717) is 56.2 Å². The molecule has 2 bridgehead atoms. The first-order valence-electron chi connectivity index (χ1n) is 15.1. The van der Waals surface area contributed by atoms with Crippen molar-refractivity contribution in [1.82, 2.24) is 4.90 Å². The predicted molar refractivity (Wildman–Crippen MR) is 150 cm³/mol. The summed E-state index contributed by atoms with van der Waals surface area (Å²) in [5.41, 5.74) is -8.78. The molecule has 250 valence electrons. The number of amides is 1. The van der Waals surface area contributed by atoms with Gasteiger partial charge in [-0.05, 0) is 93.5 Å². The molecule has 1 aliphatic heterocycles. The molecule has 0 aromatic heterocycles. The zero-order valence-corrected chi connectivity index (χ0v) is 25.6. The van der Waals surface area contributed by atoms with Gasteiger partial charge in [0.15, 0.2) is 9.84 Å². The minimum absolute atomic E-state index is 0.0420. The number of hydrogen-bond donors (Lipinski definition) is 1. The molecule has 1 N–H and O–H groups in total. The number of hydrogen-bond acceptors (Lipinski definition) is 4. The van der Waals surface area contributed by atoms with Crippen molar-refractivity contribution in [2.75, 3.05) is 6.54 Å². The molecule has 2 atom stereocenters. The average Bonchev–Trinajstić information content (AvgIpc) is 3.41. The number of aryl methyl sites for hydroxylation is 2. The fourth-order valence-corrected chi connectivity index (χ4v) is 11.1. The molecular formula is C32H32F7NO5S. The highest BCUT2D eigenvalue weighted by Crippen LogP contribution is 2.61. The van der Waals surface area contributed by atoms with Crippen LogP contribution < -0.4 is 0 Å². The van der Waals surface area contributed by atoms with Gasteiger partial charge in [-0.15, -0.1) is 0 Å². The summed E-state index contributed by atoms with van der Waals surface area (Å²) in [4.78, 5) is 27.7. The second-order valence-electron chi connectivity index (χ2n) is 13.4. The van der Waals surface area contributed by atoms with Crippen LogP contribution in [0.5, 0.6) is 0 Å². The van der Waals surface area contributed by atoms with Crippen LogP contribution in [0.2, 0.25) is 0 Å². The van der Waals surface area contributed by atoms with E-state index in [9.17, 15) is 49.5 Å². The normalized spacial score (nSPS) is 29.7. The fraction of sp³-hybridized carbons (Fsp3) is 0.562. The second kappa shape index (κ2) is 10.2. The maximum Gasteiger partial charge on any atom is 0.435 e. The molecule has 6 nitrogen and oxygen atoms in total. The molecular weight excluding hydrogens is 643 g/mol. The van der Waals surface area contributed by atoms with Gasteiger partial charge < -0.3 is 10.0 Å². The monoisotopic (exact) mass is 675 g/mol. The number of nitrogens with zero attached hydrogens (tertiary/aromatic N) is 1. The van der Waals surface area contributed by atoms with Crippen molar-refractivity contribution in [1.29, 1.82) is 0 Å². The van der Waals surface area contributed by atoms with Crippen LogP contribution in [-0.4, -0.2) is 55.2 Å². The van der Waals surface area contributed by atoms with Gasteiger partial charge in [0.2, 0.25) is 5.91 Å². The third-order valence-electron chi connectivity index (χ3n) is 11.3. The average molecular weight is 676 g/mol. The number of aliphatic carboxylic acids is 1. The van der Waals surface area contributed by atoms with Crippen molar-refractivity contribution in [3.8, 4) is 0 Å². The van der Waals surface area contributed by atoms with Gasteiger partial charge >= 0.3 is 24.0 Å². The Kier molecular flexibility index (Phi) is 7.24. The molecule has 1 heterocycles. The SMILES string of the molecule is Cc1cccc(S(=O)(=O)C23CCN(C(=O)C45CCC(C(=O)O)(CC4)CC5)C2CCc2cc(C(F)(C(F)(F)F)C(F)(F)F)ccc23)c1. The Morgan fingerprint density at radius 1 is 0.848 bits per heavy atom. The molecule has 0 radical (unpaired) electrons. The molecule has 7 rings (SSSR count). The molecule has 1 saturated heterocycles. The van der Waals surface area contributed by atoms with E-state index in [2.05, 4.69) is 0 Å². The van der Waals surface area contributed by atoms with Gasteiger partial charge in [-0.25, -0.2) is 12.8 Å². The first-order valence-corrected chi connectivity index (χ1v) is 16.6. The van der Waals surface area contributed by atoms with E-state index in [1.165, 1.54) is 23.1 Å². The Labute approximate surface area is 260 Å². The number of alkyl halides is 7. The van der Waals surface area contributed by atoms with Gasteiger partial charge in [-0.1, -0.05) is 30.3 Å². The third-order valence-corrected chi connectivity index (χ3v) is 13.8. The van der Waals surface area contributed by atoms with Gasteiger partial charge in [0, 0.05) is 17.5 Å². The molecule has 4 fully saturated rings. The number of sulfone groups is 1. The lowest BCUT2D eigenvalue weighted by Gasteiger charge is -2.52. The number of carboxylic acids is 1. The van der Waals surface area contributed by atoms with Crippen molar-refractivity contribution in [3.63, 3.8) is 0 Å². The van der Waals surface area contributed by atoms with E-state index in [-0.39, 0.29) is 47.7 Å². The van der Waals surface area contributed by atoms with Gasteiger partial charge in [-0.3, -0.25) is 9.59 Å². The van der Waals surface area contributed by atoms with Crippen molar-refractivity contribution >= 4 is 21.7 Å². The summed E-state index contributed by atoms with van der Waals surface area (Å²) in [6, 6.07) is 6.62. The van der Waals surface area contributed by atoms with Crippen LogP contribution >= 0.6 is 0 Å². The van der Waals surface area contributed by atoms with Gasteiger partial charge in [0.1, 0.15) is 4.75 Å². The van der Waals surface area contributed by atoms with E-state index >= 15 is 4.39 Å². The van der Waals surface area contributed by atoms with Crippen molar-refractivity contribution < 1.29 is 53.8 Å². The van der Waals surface area contributed by atoms with Gasteiger partial charge in [-0.2, -0.15) is 26.3 Å². The molecule has 1 amide bonds. The first-order chi connectivity index (χ1) is 21.3. The van der Waals surface area contributed by atoms with Crippen LogP contribution in [-0.2, 0) is 36.3 Å².